The Labute approximate surface area is 190 Å². The molecule has 0 unspecified atom stereocenters. The number of hydrogen-bond acceptors (Lipinski definition) is 7. The lowest BCUT2D eigenvalue weighted by Gasteiger charge is -2.47. The number of nitrogens with zero attached hydrogens (tertiary/aromatic N) is 6. The molecule has 6 heterocycles. The van der Waals surface area contributed by atoms with Crippen LogP contribution in [-0.4, -0.2) is 74.7 Å². The Morgan fingerprint density at radius 2 is 2.03 bits per heavy atom. The smallest absolute Gasteiger partial charge is 0.234 e. The van der Waals surface area contributed by atoms with Crippen LogP contribution in [0.25, 0.3) is 33.5 Å². The summed E-state index contributed by atoms with van der Waals surface area (Å²) >= 11 is 0. The first-order valence-electron chi connectivity index (χ1n) is 11.1. The van der Waals surface area contributed by atoms with Gasteiger partial charge in [0.2, 0.25) is 5.91 Å². The molecule has 0 radical (unpaired) electrons. The average Bonchev–Trinajstić information content (AvgIpc) is 3.23. The van der Waals surface area contributed by atoms with Gasteiger partial charge in [0.25, 0.3) is 0 Å². The van der Waals surface area contributed by atoms with Crippen molar-refractivity contribution in [3.05, 3.63) is 54.5 Å². The van der Waals surface area contributed by atoms with E-state index in [1.807, 2.05) is 30.5 Å². The quantitative estimate of drug-likeness (QED) is 0.500. The number of amides is 1. The summed E-state index contributed by atoms with van der Waals surface area (Å²) in [4.78, 5) is 30.0. The average molecular weight is 441 g/mol. The first-order valence-corrected chi connectivity index (χ1v) is 11.1. The van der Waals surface area contributed by atoms with Crippen LogP contribution in [0.15, 0.2) is 48.9 Å². The van der Waals surface area contributed by atoms with E-state index in [9.17, 15) is 4.79 Å². The third-order valence-electron chi connectivity index (χ3n) is 6.46. The highest BCUT2D eigenvalue weighted by atomic mass is 16.2. The molecular formula is C24H24N8O. The molecule has 2 N–H and O–H groups in total. The Hall–Kier alpha value is -3.85. The van der Waals surface area contributed by atoms with Gasteiger partial charge in [-0.05, 0) is 36.8 Å². The SMILES string of the molecule is Cc1ccc(-c2n[nH]c3cnc(-c4cccnc4)cc23)nc1N1CC(N2CCNC(=O)C2)C1. The minimum Gasteiger partial charge on any atom is -0.354 e. The summed E-state index contributed by atoms with van der Waals surface area (Å²) in [6.45, 7) is 5.95. The number of aromatic nitrogens is 5. The molecule has 4 aromatic rings. The van der Waals surface area contributed by atoms with Gasteiger partial charge in [-0.1, -0.05) is 6.07 Å². The van der Waals surface area contributed by atoms with Crippen LogP contribution in [0.4, 0.5) is 5.82 Å². The van der Waals surface area contributed by atoms with Crippen LogP contribution in [0.3, 0.4) is 0 Å². The van der Waals surface area contributed by atoms with E-state index >= 15 is 0 Å². The second-order valence-electron chi connectivity index (χ2n) is 8.65. The number of nitrogens with one attached hydrogen (secondary N) is 2. The van der Waals surface area contributed by atoms with Crippen LogP contribution < -0.4 is 10.2 Å². The van der Waals surface area contributed by atoms with Crippen LogP contribution in [0.2, 0.25) is 0 Å². The lowest BCUT2D eigenvalue weighted by molar-refractivity contribution is -0.125. The minimum atomic E-state index is 0.113. The number of pyridine rings is 3. The van der Waals surface area contributed by atoms with Gasteiger partial charge in [-0.15, -0.1) is 0 Å². The Bertz CT molecular complexity index is 1330. The van der Waals surface area contributed by atoms with Crippen molar-refractivity contribution in [3.8, 4) is 22.6 Å². The fourth-order valence-corrected chi connectivity index (χ4v) is 4.58. The van der Waals surface area contributed by atoms with Crippen molar-refractivity contribution in [3.63, 3.8) is 0 Å². The molecule has 2 saturated heterocycles. The molecular weight excluding hydrogens is 416 g/mol. The summed E-state index contributed by atoms with van der Waals surface area (Å²) in [5.41, 5.74) is 5.44. The normalized spacial score (nSPS) is 17.2. The number of carbonyl (C=O) groups excluding carboxylic acids is 1. The maximum atomic E-state index is 11.7. The highest BCUT2D eigenvalue weighted by Gasteiger charge is 2.35. The number of hydrogen-bond donors (Lipinski definition) is 2. The monoisotopic (exact) mass is 440 g/mol. The molecule has 2 aliphatic rings. The highest BCUT2D eigenvalue weighted by molar-refractivity contribution is 5.93. The zero-order valence-corrected chi connectivity index (χ0v) is 18.3. The number of carbonyl (C=O) groups is 1. The number of aromatic amines is 1. The molecule has 0 aromatic carbocycles. The molecule has 0 bridgehead atoms. The number of H-pyrrole nitrogens is 1. The fourth-order valence-electron chi connectivity index (χ4n) is 4.58. The number of anilines is 1. The lowest BCUT2D eigenvalue weighted by Crippen LogP contribution is -2.64. The largest absolute Gasteiger partial charge is 0.354 e. The third kappa shape index (κ3) is 3.60. The summed E-state index contributed by atoms with van der Waals surface area (Å²) in [6.07, 6.45) is 5.36. The lowest BCUT2D eigenvalue weighted by atomic mass is 10.0. The zero-order chi connectivity index (χ0) is 22.4. The van der Waals surface area contributed by atoms with E-state index in [4.69, 9.17) is 4.98 Å². The third-order valence-corrected chi connectivity index (χ3v) is 6.46. The van der Waals surface area contributed by atoms with Crippen LogP contribution >= 0.6 is 0 Å². The predicted octanol–water partition coefficient (Wildman–Crippen LogP) is 2.01. The first-order chi connectivity index (χ1) is 16.2. The number of rotatable bonds is 4. The molecule has 4 aromatic heterocycles. The molecule has 0 saturated carbocycles. The van der Waals surface area contributed by atoms with Gasteiger partial charge in [-0.2, -0.15) is 5.10 Å². The molecule has 2 aliphatic heterocycles. The van der Waals surface area contributed by atoms with Crippen molar-refractivity contribution in [2.75, 3.05) is 37.6 Å². The van der Waals surface area contributed by atoms with Gasteiger partial charge in [-0.3, -0.25) is 24.8 Å². The van der Waals surface area contributed by atoms with E-state index < -0.39 is 0 Å². The van der Waals surface area contributed by atoms with Crippen molar-refractivity contribution in [1.29, 1.82) is 0 Å². The number of piperazine rings is 1. The van der Waals surface area contributed by atoms with E-state index in [0.717, 1.165) is 71.1 Å². The summed E-state index contributed by atoms with van der Waals surface area (Å²) in [6, 6.07) is 10.4. The Morgan fingerprint density at radius 1 is 1.12 bits per heavy atom. The van der Waals surface area contributed by atoms with E-state index in [2.05, 4.69) is 48.3 Å². The molecule has 2 fully saturated rings. The zero-order valence-electron chi connectivity index (χ0n) is 18.3. The van der Waals surface area contributed by atoms with Gasteiger partial charge < -0.3 is 10.2 Å². The summed E-state index contributed by atoms with van der Waals surface area (Å²) < 4.78 is 0. The van der Waals surface area contributed by atoms with E-state index in [-0.39, 0.29) is 5.91 Å². The van der Waals surface area contributed by atoms with Gasteiger partial charge in [0.05, 0.1) is 29.6 Å². The van der Waals surface area contributed by atoms with Gasteiger partial charge in [-0.25, -0.2) is 4.98 Å². The minimum absolute atomic E-state index is 0.113. The van der Waals surface area contributed by atoms with Gasteiger partial charge in [0.15, 0.2) is 0 Å². The standard InChI is InChI=1S/C24H24N8O/c1-15-4-5-19(28-24(15)32-12-17(13-32)31-8-7-26-22(33)14-31)23-18-9-20(16-3-2-6-25-10-16)27-11-21(18)29-30-23/h2-6,9-11,17H,7-8,12-14H2,1H3,(H,26,33)(H,29,30). The van der Waals surface area contributed by atoms with E-state index in [0.29, 0.717) is 12.6 Å². The van der Waals surface area contributed by atoms with Crippen molar-refractivity contribution in [2.24, 2.45) is 0 Å². The highest BCUT2D eigenvalue weighted by Crippen LogP contribution is 2.32. The molecule has 0 aliphatic carbocycles. The molecule has 166 valence electrons. The second kappa shape index (κ2) is 7.93. The number of aryl methyl sites for hydroxylation is 1. The molecule has 6 rings (SSSR count). The van der Waals surface area contributed by atoms with Crippen LogP contribution in [0.5, 0.6) is 0 Å². The molecule has 0 atom stereocenters. The van der Waals surface area contributed by atoms with Crippen molar-refractivity contribution < 1.29 is 4.79 Å². The van der Waals surface area contributed by atoms with Crippen molar-refractivity contribution >= 4 is 22.6 Å². The van der Waals surface area contributed by atoms with Crippen molar-refractivity contribution in [1.82, 2.24) is 35.4 Å². The maximum absolute atomic E-state index is 11.7. The maximum Gasteiger partial charge on any atom is 0.234 e. The Morgan fingerprint density at radius 3 is 2.85 bits per heavy atom. The molecule has 1 amide bonds. The van der Waals surface area contributed by atoms with Gasteiger partial charge in [0, 0.05) is 55.6 Å². The Kier molecular flexibility index (Phi) is 4.76. The second-order valence-corrected chi connectivity index (χ2v) is 8.65. The topological polar surface area (TPSA) is 103 Å². The number of fused-ring (bicyclic) bond motifs is 1. The summed E-state index contributed by atoms with van der Waals surface area (Å²) in [5.74, 6) is 1.09. The Balaban J connectivity index is 1.28. The summed E-state index contributed by atoms with van der Waals surface area (Å²) in [7, 11) is 0. The van der Waals surface area contributed by atoms with E-state index in [1.54, 1.807) is 12.4 Å². The molecule has 9 nitrogen and oxygen atoms in total. The first kappa shape index (κ1) is 19.8. The van der Waals surface area contributed by atoms with Gasteiger partial charge in [0.1, 0.15) is 11.5 Å². The van der Waals surface area contributed by atoms with Crippen molar-refractivity contribution in [2.45, 2.75) is 13.0 Å². The van der Waals surface area contributed by atoms with E-state index in [1.165, 1.54) is 0 Å². The fraction of sp³-hybridized carbons (Fsp3) is 0.292. The molecule has 33 heavy (non-hydrogen) atoms. The van der Waals surface area contributed by atoms with Gasteiger partial charge >= 0.3 is 0 Å². The molecule has 0 spiro atoms. The van der Waals surface area contributed by atoms with Crippen LogP contribution in [0.1, 0.15) is 5.56 Å². The predicted molar refractivity (Wildman–Crippen MR) is 126 cm³/mol. The summed E-state index contributed by atoms with van der Waals surface area (Å²) in [5, 5.41) is 11.5. The van der Waals surface area contributed by atoms with Crippen LogP contribution in [0, 0.1) is 6.92 Å². The molecule has 9 heteroatoms. The van der Waals surface area contributed by atoms with Crippen LogP contribution in [-0.2, 0) is 4.79 Å².